The Bertz CT molecular complexity index is 194. The zero-order valence-corrected chi connectivity index (χ0v) is 9.39. The molecule has 0 saturated heterocycles. The van der Waals surface area contributed by atoms with Crippen LogP contribution in [0.15, 0.2) is 17.3 Å². The van der Waals surface area contributed by atoms with Crippen molar-refractivity contribution in [3.05, 3.63) is 12.3 Å². The predicted octanol–water partition coefficient (Wildman–Crippen LogP) is 1.13. The van der Waals surface area contributed by atoms with Crippen LogP contribution in [-0.4, -0.2) is 44.3 Å². The lowest BCUT2D eigenvalue weighted by atomic mass is 10.1. The molecule has 0 fully saturated rings. The highest BCUT2D eigenvalue weighted by Crippen LogP contribution is 2.03. The summed E-state index contributed by atoms with van der Waals surface area (Å²) in [7, 11) is 5.89. The fourth-order valence-corrected chi connectivity index (χ4v) is 1.01. The third-order valence-corrected chi connectivity index (χ3v) is 2.01. The first-order valence-electron chi connectivity index (χ1n) is 4.62. The molecule has 0 saturated carbocycles. The average molecular weight is 183 g/mol. The maximum Gasteiger partial charge on any atom is 0.0741 e. The Morgan fingerprint density at radius 3 is 2.38 bits per heavy atom. The second-order valence-electron chi connectivity index (χ2n) is 3.21. The van der Waals surface area contributed by atoms with Crippen LogP contribution in [0.1, 0.15) is 13.8 Å². The molecule has 1 N–H and O–H groups in total. The number of rotatable bonds is 5. The molecule has 0 aliphatic rings. The maximum absolute atomic E-state index is 4.43. The van der Waals surface area contributed by atoms with Gasteiger partial charge in [-0.05, 0) is 20.9 Å². The molecule has 0 spiro atoms. The van der Waals surface area contributed by atoms with E-state index in [4.69, 9.17) is 0 Å². The normalized spacial score (nSPS) is 14.1. The molecule has 0 radical (unpaired) electrons. The molecule has 1 atom stereocenters. The quantitative estimate of drug-likeness (QED) is 0.647. The average Bonchev–Trinajstić information content (AvgIpc) is 2.11. The minimum absolute atomic E-state index is 0.259. The maximum atomic E-state index is 4.43. The minimum Gasteiger partial charge on any atom is -0.377 e. The largest absolute Gasteiger partial charge is 0.377 e. The highest BCUT2D eigenvalue weighted by Gasteiger charge is 2.12. The topological polar surface area (TPSA) is 27.6 Å². The Labute approximate surface area is 81.5 Å². The van der Waals surface area contributed by atoms with Crippen molar-refractivity contribution in [2.75, 3.05) is 27.7 Å². The molecule has 0 aromatic carbocycles. The van der Waals surface area contributed by atoms with Crippen LogP contribution in [0, 0.1) is 0 Å². The van der Waals surface area contributed by atoms with E-state index >= 15 is 0 Å². The first-order chi connectivity index (χ1) is 6.04. The van der Waals surface area contributed by atoms with Gasteiger partial charge in [-0.2, -0.15) is 0 Å². The molecular formula is C10H21N3. The van der Waals surface area contributed by atoms with Crippen molar-refractivity contribution in [3.8, 4) is 0 Å². The van der Waals surface area contributed by atoms with Crippen molar-refractivity contribution in [3.63, 3.8) is 0 Å². The van der Waals surface area contributed by atoms with E-state index in [1.807, 2.05) is 33.0 Å². The Morgan fingerprint density at radius 2 is 2.08 bits per heavy atom. The molecule has 0 aromatic rings. The summed E-state index contributed by atoms with van der Waals surface area (Å²) in [4.78, 5) is 6.42. The van der Waals surface area contributed by atoms with E-state index in [2.05, 4.69) is 23.8 Å². The Balaban J connectivity index is 4.62. The van der Waals surface area contributed by atoms with Gasteiger partial charge in [-0.25, -0.2) is 0 Å². The van der Waals surface area contributed by atoms with E-state index in [1.165, 1.54) is 0 Å². The summed E-state index contributed by atoms with van der Waals surface area (Å²) in [5, 5.41) is 3.17. The van der Waals surface area contributed by atoms with Crippen LogP contribution >= 0.6 is 0 Å². The van der Waals surface area contributed by atoms with E-state index in [0.717, 1.165) is 18.0 Å². The zero-order valence-electron chi connectivity index (χ0n) is 9.39. The third-order valence-electron chi connectivity index (χ3n) is 2.01. The van der Waals surface area contributed by atoms with Crippen molar-refractivity contribution in [1.29, 1.82) is 0 Å². The van der Waals surface area contributed by atoms with Crippen molar-refractivity contribution < 1.29 is 0 Å². The fourth-order valence-electron chi connectivity index (χ4n) is 1.01. The van der Waals surface area contributed by atoms with E-state index in [0.29, 0.717) is 0 Å². The van der Waals surface area contributed by atoms with Gasteiger partial charge in [-0.3, -0.25) is 4.99 Å². The molecule has 3 nitrogen and oxygen atoms in total. The summed E-state index contributed by atoms with van der Waals surface area (Å²) in [5.74, 6) is 0. The van der Waals surface area contributed by atoms with Crippen LogP contribution in [0.5, 0.6) is 0 Å². The van der Waals surface area contributed by atoms with Gasteiger partial charge in [0, 0.05) is 26.7 Å². The van der Waals surface area contributed by atoms with Crippen molar-refractivity contribution in [2.24, 2.45) is 4.99 Å². The molecule has 0 aromatic heterocycles. The summed E-state index contributed by atoms with van der Waals surface area (Å²) in [6.45, 7) is 8.92. The predicted molar refractivity (Wildman–Crippen MR) is 59.3 cm³/mol. The van der Waals surface area contributed by atoms with E-state index in [9.17, 15) is 0 Å². The summed E-state index contributed by atoms with van der Waals surface area (Å²) < 4.78 is 0. The van der Waals surface area contributed by atoms with Crippen LogP contribution in [0.3, 0.4) is 0 Å². The zero-order chi connectivity index (χ0) is 10.4. The molecule has 1 unspecified atom stereocenters. The van der Waals surface area contributed by atoms with Gasteiger partial charge in [0.05, 0.1) is 11.4 Å². The number of nitrogens with one attached hydrogen (secondary N) is 1. The van der Waals surface area contributed by atoms with Crippen LogP contribution in [0.2, 0.25) is 0 Å². The summed E-state index contributed by atoms with van der Waals surface area (Å²) in [6, 6.07) is 0.259. The number of nitrogens with zero attached hydrogens (tertiary/aromatic N) is 2. The van der Waals surface area contributed by atoms with Crippen LogP contribution in [0.25, 0.3) is 0 Å². The Morgan fingerprint density at radius 1 is 1.54 bits per heavy atom. The first kappa shape index (κ1) is 12.2. The van der Waals surface area contributed by atoms with Crippen molar-refractivity contribution >= 4 is 5.71 Å². The number of aliphatic imine (C=N–C) groups is 1. The first-order valence-corrected chi connectivity index (χ1v) is 4.62. The molecule has 3 heteroatoms. The summed E-state index contributed by atoms with van der Waals surface area (Å²) in [6.07, 6.45) is 0. The molecule has 13 heavy (non-hydrogen) atoms. The third kappa shape index (κ3) is 3.59. The van der Waals surface area contributed by atoms with Crippen molar-refractivity contribution in [2.45, 2.75) is 19.9 Å². The van der Waals surface area contributed by atoms with Crippen LogP contribution in [-0.2, 0) is 0 Å². The summed E-state index contributed by atoms with van der Waals surface area (Å²) in [5.41, 5.74) is 2.01. The van der Waals surface area contributed by atoms with E-state index < -0.39 is 0 Å². The van der Waals surface area contributed by atoms with E-state index in [-0.39, 0.29) is 6.04 Å². The Hall–Kier alpha value is -0.830. The lowest BCUT2D eigenvalue weighted by Gasteiger charge is -2.22. The lowest BCUT2D eigenvalue weighted by Crippen LogP contribution is -2.35. The fraction of sp³-hybridized carbons (Fsp3) is 0.700. The summed E-state index contributed by atoms with van der Waals surface area (Å²) >= 11 is 0. The lowest BCUT2D eigenvalue weighted by molar-refractivity contribution is 0.534. The second kappa shape index (κ2) is 5.75. The van der Waals surface area contributed by atoms with Crippen molar-refractivity contribution in [1.82, 2.24) is 10.2 Å². The van der Waals surface area contributed by atoms with Gasteiger partial charge in [0.25, 0.3) is 0 Å². The molecule has 76 valence electrons. The van der Waals surface area contributed by atoms with Gasteiger partial charge in [-0.15, -0.1) is 0 Å². The molecule has 0 aliphatic carbocycles. The minimum atomic E-state index is 0.259. The molecule has 0 amide bonds. The molecule has 0 heterocycles. The number of hydrogen-bond donors (Lipinski definition) is 1. The van der Waals surface area contributed by atoms with Gasteiger partial charge < -0.3 is 10.2 Å². The highest BCUT2D eigenvalue weighted by atomic mass is 15.1. The molecule has 0 bridgehead atoms. The number of hydrogen-bond acceptors (Lipinski definition) is 3. The molecular weight excluding hydrogens is 162 g/mol. The van der Waals surface area contributed by atoms with E-state index in [1.54, 1.807) is 0 Å². The second-order valence-corrected chi connectivity index (χ2v) is 3.21. The smallest absolute Gasteiger partial charge is 0.0741 e. The Kier molecular flexibility index (Phi) is 5.39. The van der Waals surface area contributed by atoms with Gasteiger partial charge in [0.15, 0.2) is 0 Å². The van der Waals surface area contributed by atoms with Gasteiger partial charge in [-0.1, -0.05) is 6.58 Å². The van der Waals surface area contributed by atoms with Crippen LogP contribution < -0.4 is 5.32 Å². The standard InChI is InChI=1S/C10H21N3/c1-7-12-10(8(2)11-4)9(3)13(5)6/h8,11H,3,7H2,1-2,4-6H3/b12-10-. The molecule has 0 rings (SSSR count). The van der Waals surface area contributed by atoms with Gasteiger partial charge in [0.2, 0.25) is 0 Å². The molecule has 0 aliphatic heterocycles. The SMILES string of the molecule is C=C(/C(=N\CC)C(C)NC)N(C)C. The van der Waals surface area contributed by atoms with Gasteiger partial charge >= 0.3 is 0 Å². The highest BCUT2D eigenvalue weighted by molar-refractivity contribution is 6.02. The monoisotopic (exact) mass is 183 g/mol. The van der Waals surface area contributed by atoms with Crippen LogP contribution in [0.4, 0.5) is 0 Å². The van der Waals surface area contributed by atoms with Gasteiger partial charge in [0.1, 0.15) is 0 Å².